The summed E-state index contributed by atoms with van der Waals surface area (Å²) in [6.45, 7) is 0. The molecule has 0 aliphatic carbocycles. The van der Waals surface area contributed by atoms with E-state index >= 15 is 0 Å². The molecule has 0 fully saturated rings. The number of ether oxygens (including phenoxy) is 2. The van der Waals surface area contributed by atoms with E-state index in [1.54, 1.807) is 14.2 Å². The van der Waals surface area contributed by atoms with Gasteiger partial charge in [0.1, 0.15) is 11.5 Å². The van der Waals surface area contributed by atoms with Crippen molar-refractivity contribution in [3.63, 3.8) is 0 Å². The Kier molecular flexibility index (Phi) is 2.59. The third-order valence-corrected chi connectivity index (χ3v) is 4.76. The van der Waals surface area contributed by atoms with Gasteiger partial charge in [0.15, 0.2) is 0 Å². The van der Waals surface area contributed by atoms with E-state index in [9.17, 15) is 0 Å². The van der Waals surface area contributed by atoms with Crippen LogP contribution < -0.4 is 9.47 Å². The number of hydrogen-bond acceptors (Lipinski definition) is 2. The molecule has 2 N–H and O–H groups in total. The maximum atomic E-state index is 5.37. The van der Waals surface area contributed by atoms with Gasteiger partial charge >= 0.3 is 0 Å². The molecule has 24 heavy (non-hydrogen) atoms. The summed E-state index contributed by atoms with van der Waals surface area (Å²) in [7, 11) is 3.39. The van der Waals surface area contributed by atoms with Gasteiger partial charge < -0.3 is 19.4 Å². The largest absolute Gasteiger partial charge is 0.497 e. The van der Waals surface area contributed by atoms with Crippen molar-refractivity contribution in [2.75, 3.05) is 14.2 Å². The molecule has 4 heteroatoms. The van der Waals surface area contributed by atoms with Gasteiger partial charge in [-0.2, -0.15) is 0 Å². The lowest BCUT2D eigenvalue weighted by Crippen LogP contribution is -1.80. The molecule has 0 amide bonds. The number of benzene rings is 3. The van der Waals surface area contributed by atoms with E-state index in [4.69, 9.17) is 9.47 Å². The van der Waals surface area contributed by atoms with Crippen molar-refractivity contribution in [2.24, 2.45) is 0 Å². The van der Waals surface area contributed by atoms with Gasteiger partial charge in [-0.3, -0.25) is 0 Å². The molecule has 0 saturated heterocycles. The van der Waals surface area contributed by atoms with Gasteiger partial charge in [0.2, 0.25) is 0 Å². The lowest BCUT2D eigenvalue weighted by molar-refractivity contribution is 0.415. The third kappa shape index (κ3) is 1.68. The lowest BCUT2D eigenvalue weighted by atomic mass is 10.1. The van der Waals surface area contributed by atoms with Gasteiger partial charge in [-0.05, 0) is 36.4 Å². The molecule has 3 aromatic carbocycles. The molecule has 118 valence electrons. The first-order valence-electron chi connectivity index (χ1n) is 7.86. The number of rotatable bonds is 2. The van der Waals surface area contributed by atoms with Crippen LogP contribution in [0.25, 0.3) is 43.6 Å². The highest BCUT2D eigenvalue weighted by Crippen LogP contribution is 2.36. The average Bonchev–Trinajstić information content (AvgIpc) is 3.18. The van der Waals surface area contributed by atoms with E-state index < -0.39 is 0 Å². The minimum absolute atomic E-state index is 0.866. The molecular weight excluding hydrogens is 300 g/mol. The van der Waals surface area contributed by atoms with E-state index in [2.05, 4.69) is 46.4 Å². The van der Waals surface area contributed by atoms with E-state index in [1.807, 2.05) is 12.1 Å². The van der Waals surface area contributed by atoms with Crippen molar-refractivity contribution in [3.05, 3.63) is 48.5 Å². The highest BCUT2D eigenvalue weighted by atomic mass is 16.5. The Morgan fingerprint density at radius 3 is 1.46 bits per heavy atom. The first kappa shape index (κ1) is 13.3. The molecule has 5 rings (SSSR count). The fourth-order valence-electron chi connectivity index (χ4n) is 3.54. The zero-order chi connectivity index (χ0) is 16.3. The van der Waals surface area contributed by atoms with Crippen molar-refractivity contribution >= 4 is 43.6 Å². The number of aromatic amines is 2. The number of fused-ring (bicyclic) bond motifs is 7. The first-order valence-corrected chi connectivity index (χ1v) is 7.86. The van der Waals surface area contributed by atoms with Crippen LogP contribution >= 0.6 is 0 Å². The maximum absolute atomic E-state index is 5.37. The van der Waals surface area contributed by atoms with Gasteiger partial charge in [-0.25, -0.2) is 0 Å². The topological polar surface area (TPSA) is 50.0 Å². The Labute approximate surface area is 138 Å². The second-order valence-corrected chi connectivity index (χ2v) is 5.98. The summed E-state index contributed by atoms with van der Waals surface area (Å²) in [6, 6.07) is 16.6. The van der Waals surface area contributed by atoms with Gasteiger partial charge in [-0.15, -0.1) is 0 Å². The number of aromatic nitrogens is 2. The van der Waals surface area contributed by atoms with Gasteiger partial charge in [0, 0.05) is 32.6 Å². The highest BCUT2D eigenvalue weighted by Gasteiger charge is 2.12. The van der Waals surface area contributed by atoms with Crippen LogP contribution in [0.2, 0.25) is 0 Å². The molecule has 0 bridgehead atoms. The molecular formula is C20H16N2O2. The molecule has 2 heterocycles. The second-order valence-electron chi connectivity index (χ2n) is 5.98. The fraction of sp³-hybridized carbons (Fsp3) is 0.100. The predicted octanol–water partition coefficient (Wildman–Crippen LogP) is 4.97. The SMILES string of the molecule is COc1ccc2[nH]c3c(ccc4c5cc(OC)ccc5[nH]c43)c2c1. The minimum atomic E-state index is 0.866. The predicted molar refractivity (Wildman–Crippen MR) is 98.3 cm³/mol. The van der Waals surface area contributed by atoms with Crippen molar-refractivity contribution in [1.29, 1.82) is 0 Å². The summed E-state index contributed by atoms with van der Waals surface area (Å²) in [4.78, 5) is 7.09. The average molecular weight is 316 g/mol. The Morgan fingerprint density at radius 1 is 0.583 bits per heavy atom. The Hall–Kier alpha value is -3.14. The van der Waals surface area contributed by atoms with Crippen LogP contribution in [0.5, 0.6) is 11.5 Å². The number of H-pyrrole nitrogens is 2. The quantitative estimate of drug-likeness (QED) is 0.483. The molecule has 0 radical (unpaired) electrons. The van der Waals surface area contributed by atoms with E-state index in [0.29, 0.717) is 0 Å². The van der Waals surface area contributed by atoms with Crippen LogP contribution in [0.1, 0.15) is 0 Å². The molecule has 2 aromatic heterocycles. The van der Waals surface area contributed by atoms with Crippen LogP contribution in [0.15, 0.2) is 48.5 Å². The fourth-order valence-corrected chi connectivity index (χ4v) is 3.54. The van der Waals surface area contributed by atoms with Crippen LogP contribution in [0, 0.1) is 0 Å². The number of methoxy groups -OCH3 is 2. The number of hydrogen-bond donors (Lipinski definition) is 2. The second kappa shape index (κ2) is 4.68. The highest BCUT2D eigenvalue weighted by molar-refractivity contribution is 6.21. The van der Waals surface area contributed by atoms with Crippen molar-refractivity contribution in [2.45, 2.75) is 0 Å². The Bertz CT molecular complexity index is 1130. The molecule has 0 aliphatic heterocycles. The molecule has 0 spiro atoms. The minimum Gasteiger partial charge on any atom is -0.497 e. The molecule has 4 nitrogen and oxygen atoms in total. The molecule has 5 aromatic rings. The molecule has 0 aliphatic rings. The summed E-state index contributed by atoms with van der Waals surface area (Å²) < 4.78 is 10.7. The maximum Gasteiger partial charge on any atom is 0.119 e. The summed E-state index contributed by atoms with van der Waals surface area (Å²) in [6.07, 6.45) is 0. The molecule has 0 atom stereocenters. The zero-order valence-electron chi connectivity index (χ0n) is 13.4. The Morgan fingerprint density at radius 2 is 1.04 bits per heavy atom. The lowest BCUT2D eigenvalue weighted by Gasteiger charge is -1.99. The van der Waals surface area contributed by atoms with Gasteiger partial charge in [0.05, 0.1) is 25.3 Å². The summed E-state index contributed by atoms with van der Waals surface area (Å²) >= 11 is 0. The summed E-state index contributed by atoms with van der Waals surface area (Å²) in [5.74, 6) is 1.73. The number of nitrogens with one attached hydrogen (secondary N) is 2. The summed E-state index contributed by atoms with van der Waals surface area (Å²) in [5.41, 5.74) is 4.45. The van der Waals surface area contributed by atoms with Crippen LogP contribution in [-0.2, 0) is 0 Å². The third-order valence-electron chi connectivity index (χ3n) is 4.76. The van der Waals surface area contributed by atoms with E-state index in [0.717, 1.165) is 33.6 Å². The van der Waals surface area contributed by atoms with Crippen LogP contribution in [0.4, 0.5) is 0 Å². The van der Waals surface area contributed by atoms with E-state index in [1.165, 1.54) is 21.5 Å². The zero-order valence-corrected chi connectivity index (χ0v) is 13.4. The Balaban J connectivity index is 1.92. The smallest absolute Gasteiger partial charge is 0.119 e. The van der Waals surface area contributed by atoms with Crippen molar-refractivity contribution in [3.8, 4) is 11.5 Å². The standard InChI is InChI=1S/C20H16N2O2/c1-23-11-3-7-17-15(9-11)13-5-6-14-16-10-12(24-2)4-8-18(16)22-20(14)19(13)21-17/h3-10,21-22H,1-2H3. The van der Waals surface area contributed by atoms with Crippen molar-refractivity contribution in [1.82, 2.24) is 9.97 Å². The molecule has 0 saturated carbocycles. The van der Waals surface area contributed by atoms with E-state index in [-0.39, 0.29) is 0 Å². The first-order chi connectivity index (χ1) is 11.8. The van der Waals surface area contributed by atoms with Gasteiger partial charge in [-0.1, -0.05) is 12.1 Å². The van der Waals surface area contributed by atoms with Crippen LogP contribution in [-0.4, -0.2) is 24.2 Å². The normalized spacial score (nSPS) is 11.8. The van der Waals surface area contributed by atoms with Crippen LogP contribution in [0.3, 0.4) is 0 Å². The summed E-state index contributed by atoms with van der Waals surface area (Å²) in [5, 5.41) is 4.72. The molecule has 0 unspecified atom stereocenters. The van der Waals surface area contributed by atoms with Gasteiger partial charge in [0.25, 0.3) is 0 Å². The monoisotopic (exact) mass is 316 g/mol. The van der Waals surface area contributed by atoms with Crippen molar-refractivity contribution < 1.29 is 9.47 Å².